The molecule has 8 nitrogen and oxygen atoms in total. The molecule has 0 bridgehead atoms. The molecule has 1 atom stereocenters. The summed E-state index contributed by atoms with van der Waals surface area (Å²) in [6.45, 7) is 0.737. The van der Waals surface area contributed by atoms with Crippen molar-refractivity contribution < 1.29 is 27.9 Å². The van der Waals surface area contributed by atoms with Crippen molar-refractivity contribution in [1.29, 1.82) is 0 Å². The SMILES string of the molecule is CN(C)C(=O)[C@@H]1CN(C(=O)c2coc(COc3cccc(F)c3)n2)CCO1. The van der Waals surface area contributed by atoms with Gasteiger partial charge in [0.25, 0.3) is 11.8 Å². The van der Waals surface area contributed by atoms with Crippen LogP contribution in [0.25, 0.3) is 0 Å². The van der Waals surface area contributed by atoms with Crippen LogP contribution in [0.1, 0.15) is 16.4 Å². The number of aromatic nitrogens is 1. The van der Waals surface area contributed by atoms with Crippen molar-refractivity contribution in [2.45, 2.75) is 12.7 Å². The molecule has 27 heavy (non-hydrogen) atoms. The Morgan fingerprint density at radius 3 is 2.96 bits per heavy atom. The monoisotopic (exact) mass is 377 g/mol. The van der Waals surface area contributed by atoms with Crippen molar-refractivity contribution in [2.75, 3.05) is 33.8 Å². The third-order valence-electron chi connectivity index (χ3n) is 4.00. The Balaban J connectivity index is 1.60. The summed E-state index contributed by atoms with van der Waals surface area (Å²) in [6.07, 6.45) is 0.547. The third-order valence-corrected chi connectivity index (χ3v) is 4.00. The molecule has 2 amide bonds. The number of hydrogen-bond acceptors (Lipinski definition) is 6. The van der Waals surface area contributed by atoms with Gasteiger partial charge in [-0.1, -0.05) is 6.07 Å². The molecule has 0 N–H and O–H groups in total. The fourth-order valence-corrected chi connectivity index (χ4v) is 2.61. The van der Waals surface area contributed by atoms with Gasteiger partial charge in [-0.2, -0.15) is 0 Å². The molecular formula is C18H20FN3O5. The highest BCUT2D eigenvalue weighted by atomic mass is 19.1. The maximum atomic E-state index is 13.1. The lowest BCUT2D eigenvalue weighted by Gasteiger charge is -2.32. The highest BCUT2D eigenvalue weighted by Crippen LogP contribution is 2.16. The van der Waals surface area contributed by atoms with E-state index in [4.69, 9.17) is 13.9 Å². The number of oxazole rings is 1. The smallest absolute Gasteiger partial charge is 0.275 e. The second-order valence-corrected chi connectivity index (χ2v) is 6.22. The summed E-state index contributed by atoms with van der Waals surface area (Å²) in [5, 5.41) is 0. The Morgan fingerprint density at radius 2 is 2.22 bits per heavy atom. The van der Waals surface area contributed by atoms with Crippen LogP contribution in [-0.2, 0) is 16.1 Å². The van der Waals surface area contributed by atoms with Gasteiger partial charge >= 0.3 is 0 Å². The fourth-order valence-electron chi connectivity index (χ4n) is 2.61. The predicted octanol–water partition coefficient (Wildman–Crippen LogP) is 1.32. The molecule has 1 aliphatic heterocycles. The average Bonchev–Trinajstić information content (AvgIpc) is 3.14. The van der Waals surface area contributed by atoms with Gasteiger partial charge in [0.2, 0.25) is 5.89 Å². The van der Waals surface area contributed by atoms with E-state index in [-0.39, 0.29) is 43.2 Å². The molecule has 1 aromatic carbocycles. The Labute approximate surface area is 155 Å². The van der Waals surface area contributed by atoms with Crippen molar-refractivity contribution in [2.24, 2.45) is 0 Å². The molecular weight excluding hydrogens is 357 g/mol. The highest BCUT2D eigenvalue weighted by Gasteiger charge is 2.31. The van der Waals surface area contributed by atoms with Gasteiger partial charge in [0.1, 0.15) is 17.8 Å². The normalized spacial score (nSPS) is 16.9. The van der Waals surface area contributed by atoms with Crippen LogP contribution in [-0.4, -0.2) is 66.5 Å². The molecule has 2 heterocycles. The zero-order valence-electron chi connectivity index (χ0n) is 15.1. The summed E-state index contributed by atoms with van der Waals surface area (Å²) in [6, 6.07) is 5.68. The highest BCUT2D eigenvalue weighted by molar-refractivity contribution is 5.92. The van der Waals surface area contributed by atoms with Crippen LogP contribution in [0.3, 0.4) is 0 Å². The molecule has 9 heteroatoms. The standard InChI is InChI=1S/C18H20FN3O5/c1-21(2)18(24)15-9-22(6-7-25-15)17(23)14-10-27-16(20-14)11-26-13-5-3-4-12(19)8-13/h3-5,8,10,15H,6-7,9,11H2,1-2H3/t15-/m0/s1. The molecule has 0 radical (unpaired) electrons. The van der Waals surface area contributed by atoms with Gasteiger partial charge < -0.3 is 23.7 Å². The van der Waals surface area contributed by atoms with Crippen LogP contribution in [0.15, 0.2) is 34.9 Å². The number of amides is 2. The predicted molar refractivity (Wildman–Crippen MR) is 91.6 cm³/mol. The van der Waals surface area contributed by atoms with Crippen LogP contribution < -0.4 is 4.74 Å². The number of nitrogens with zero attached hydrogens (tertiary/aromatic N) is 3. The number of carbonyl (C=O) groups is 2. The number of hydrogen-bond donors (Lipinski definition) is 0. The number of likely N-dealkylation sites (N-methyl/N-ethyl adjacent to an activating group) is 1. The summed E-state index contributed by atoms with van der Waals surface area (Å²) >= 11 is 0. The minimum Gasteiger partial charge on any atom is -0.484 e. The summed E-state index contributed by atoms with van der Waals surface area (Å²) in [4.78, 5) is 31.7. The molecule has 1 fully saturated rings. The van der Waals surface area contributed by atoms with E-state index < -0.39 is 11.9 Å². The van der Waals surface area contributed by atoms with Gasteiger partial charge in [-0.05, 0) is 12.1 Å². The number of ether oxygens (including phenoxy) is 2. The van der Waals surface area contributed by atoms with Crippen LogP contribution in [0.2, 0.25) is 0 Å². The second kappa shape index (κ2) is 8.17. The van der Waals surface area contributed by atoms with Gasteiger partial charge in [0, 0.05) is 26.7 Å². The fraction of sp³-hybridized carbons (Fsp3) is 0.389. The van der Waals surface area contributed by atoms with Gasteiger partial charge in [-0.3, -0.25) is 9.59 Å². The first-order valence-corrected chi connectivity index (χ1v) is 8.39. The van der Waals surface area contributed by atoms with Crippen LogP contribution in [0, 0.1) is 5.82 Å². The lowest BCUT2D eigenvalue weighted by atomic mass is 10.2. The number of carbonyl (C=O) groups excluding carboxylic acids is 2. The summed E-state index contributed by atoms with van der Waals surface area (Å²) in [5.74, 6) is -0.437. The number of halogens is 1. The first-order chi connectivity index (χ1) is 12.9. The molecule has 1 aromatic heterocycles. The number of benzene rings is 1. The summed E-state index contributed by atoms with van der Waals surface area (Å²) in [5.41, 5.74) is 0.116. The van der Waals surface area contributed by atoms with Crippen LogP contribution >= 0.6 is 0 Å². The third kappa shape index (κ3) is 4.62. The van der Waals surface area contributed by atoms with E-state index in [0.717, 1.165) is 0 Å². The molecule has 3 rings (SSSR count). The van der Waals surface area contributed by atoms with Crippen molar-refractivity contribution >= 4 is 11.8 Å². The summed E-state index contributed by atoms with van der Waals surface area (Å²) in [7, 11) is 3.27. The lowest BCUT2D eigenvalue weighted by Crippen LogP contribution is -2.51. The zero-order valence-corrected chi connectivity index (χ0v) is 15.1. The van der Waals surface area contributed by atoms with E-state index in [1.54, 1.807) is 20.2 Å². The maximum absolute atomic E-state index is 13.1. The minimum absolute atomic E-state index is 0.0401. The second-order valence-electron chi connectivity index (χ2n) is 6.22. The van der Waals surface area contributed by atoms with Gasteiger partial charge in [-0.15, -0.1) is 0 Å². The van der Waals surface area contributed by atoms with Crippen LogP contribution in [0.4, 0.5) is 4.39 Å². The van der Waals surface area contributed by atoms with Crippen LogP contribution in [0.5, 0.6) is 5.75 Å². The Hall–Kier alpha value is -2.94. The molecule has 1 saturated heterocycles. The van der Waals surface area contributed by atoms with Gasteiger partial charge in [0.15, 0.2) is 18.4 Å². The van der Waals surface area contributed by atoms with E-state index >= 15 is 0 Å². The van der Waals surface area contributed by atoms with Crippen molar-refractivity contribution in [3.8, 4) is 5.75 Å². The quantitative estimate of drug-likeness (QED) is 0.781. The largest absolute Gasteiger partial charge is 0.484 e. The first kappa shape index (κ1) is 18.8. The van der Waals surface area contributed by atoms with Crippen molar-refractivity contribution in [3.63, 3.8) is 0 Å². The molecule has 0 spiro atoms. The zero-order chi connectivity index (χ0) is 19.4. The average molecular weight is 377 g/mol. The van der Waals surface area contributed by atoms with E-state index in [0.29, 0.717) is 12.3 Å². The van der Waals surface area contributed by atoms with Crippen molar-refractivity contribution in [1.82, 2.24) is 14.8 Å². The lowest BCUT2D eigenvalue weighted by molar-refractivity contribution is -0.145. The molecule has 2 aromatic rings. The number of morpholine rings is 1. The molecule has 0 saturated carbocycles. The van der Waals surface area contributed by atoms with Gasteiger partial charge in [0.05, 0.1) is 13.2 Å². The molecule has 0 unspecified atom stereocenters. The number of rotatable bonds is 5. The van der Waals surface area contributed by atoms with Crippen molar-refractivity contribution in [3.05, 3.63) is 47.9 Å². The van der Waals surface area contributed by atoms with E-state index in [1.165, 1.54) is 34.3 Å². The van der Waals surface area contributed by atoms with E-state index in [1.807, 2.05) is 0 Å². The van der Waals surface area contributed by atoms with E-state index in [2.05, 4.69) is 4.98 Å². The van der Waals surface area contributed by atoms with E-state index in [9.17, 15) is 14.0 Å². The molecule has 0 aliphatic carbocycles. The minimum atomic E-state index is -0.694. The summed E-state index contributed by atoms with van der Waals surface area (Å²) < 4.78 is 29.2. The maximum Gasteiger partial charge on any atom is 0.275 e. The topological polar surface area (TPSA) is 85.1 Å². The van der Waals surface area contributed by atoms with Gasteiger partial charge in [-0.25, -0.2) is 9.37 Å². The Bertz CT molecular complexity index is 823. The Morgan fingerprint density at radius 1 is 1.41 bits per heavy atom. The Kier molecular flexibility index (Phi) is 5.70. The molecule has 144 valence electrons. The first-order valence-electron chi connectivity index (χ1n) is 8.39. The molecule has 1 aliphatic rings.